The molecular formula is C35H43ClFN7O4S. The molecule has 4 aromatic rings. The summed E-state index contributed by atoms with van der Waals surface area (Å²) in [6.07, 6.45) is 10.5. The zero-order chi connectivity index (χ0) is 35.0. The molecule has 11 nitrogen and oxygen atoms in total. The number of amides is 1. The van der Waals surface area contributed by atoms with E-state index in [0.29, 0.717) is 39.5 Å². The van der Waals surface area contributed by atoms with Crippen LogP contribution in [-0.4, -0.2) is 69.4 Å². The lowest BCUT2D eigenvalue weighted by molar-refractivity contribution is -0.00178. The molecule has 49 heavy (non-hydrogen) atoms. The largest absolute Gasteiger partial charge is 0.465 e. The van der Waals surface area contributed by atoms with Crippen LogP contribution in [0, 0.1) is 0 Å². The molecular weight excluding hydrogens is 669 g/mol. The highest BCUT2D eigenvalue weighted by Gasteiger charge is 2.28. The van der Waals surface area contributed by atoms with E-state index < -0.39 is 23.6 Å². The second-order valence-electron chi connectivity index (χ2n) is 12.9. The van der Waals surface area contributed by atoms with Crippen LogP contribution < -0.4 is 21.3 Å². The third-order valence-electron chi connectivity index (χ3n) is 8.67. The number of alkyl halides is 1. The summed E-state index contributed by atoms with van der Waals surface area (Å²) < 4.78 is 19.9. The number of ether oxygens (including phenoxy) is 1. The number of thiazole rings is 1. The van der Waals surface area contributed by atoms with E-state index in [1.807, 2.05) is 29.8 Å². The number of nitrogens with one attached hydrogen (secondary N) is 4. The van der Waals surface area contributed by atoms with Crippen LogP contribution in [0.4, 0.5) is 27.3 Å². The minimum Gasteiger partial charge on any atom is -0.465 e. The molecule has 0 spiro atoms. The van der Waals surface area contributed by atoms with Gasteiger partial charge in [-0.3, -0.25) is 4.79 Å². The molecule has 2 aliphatic rings. The van der Waals surface area contributed by atoms with Gasteiger partial charge in [-0.25, -0.2) is 24.1 Å². The lowest BCUT2D eigenvalue weighted by Crippen LogP contribution is -2.42. The number of benzene rings is 1. The van der Waals surface area contributed by atoms with E-state index in [2.05, 4.69) is 36.2 Å². The van der Waals surface area contributed by atoms with Gasteiger partial charge in [0.2, 0.25) is 0 Å². The Bertz CT molecular complexity index is 1740. The summed E-state index contributed by atoms with van der Waals surface area (Å²) in [6, 6.07) is 10.1. The van der Waals surface area contributed by atoms with Gasteiger partial charge < -0.3 is 31.1 Å². The number of rotatable bonds is 11. The lowest BCUT2D eigenvalue weighted by atomic mass is 10.0. The van der Waals surface area contributed by atoms with Crippen molar-refractivity contribution in [3.05, 3.63) is 64.5 Å². The predicted octanol–water partition coefficient (Wildman–Crippen LogP) is 7.50. The number of pyridine rings is 2. The number of hydrogen-bond donors (Lipinski definition) is 5. The topological polar surface area (TPSA) is 150 Å². The molecule has 0 aliphatic heterocycles. The number of carbonyl (C=O) groups excluding carboxylic acids is 2. The van der Waals surface area contributed by atoms with Gasteiger partial charge in [0.25, 0.3) is 5.91 Å². The van der Waals surface area contributed by atoms with Gasteiger partial charge in [0.15, 0.2) is 0 Å². The van der Waals surface area contributed by atoms with E-state index in [0.717, 1.165) is 54.4 Å². The number of nitrogens with zero attached hydrogens (tertiary/aromatic N) is 3. The van der Waals surface area contributed by atoms with Crippen LogP contribution >= 0.6 is 22.9 Å². The molecule has 0 saturated heterocycles. The van der Waals surface area contributed by atoms with Gasteiger partial charge >= 0.3 is 5.97 Å². The third kappa shape index (κ3) is 9.99. The average molecular weight is 712 g/mol. The van der Waals surface area contributed by atoms with Crippen molar-refractivity contribution >= 4 is 67.9 Å². The van der Waals surface area contributed by atoms with E-state index in [-0.39, 0.29) is 12.6 Å². The molecule has 0 bridgehead atoms. The molecule has 262 valence electrons. The van der Waals surface area contributed by atoms with Crippen molar-refractivity contribution in [2.45, 2.75) is 89.1 Å². The summed E-state index contributed by atoms with van der Waals surface area (Å²) in [5, 5.41) is 22.8. The summed E-state index contributed by atoms with van der Waals surface area (Å²) in [5.41, 5.74) is 4.26. The highest BCUT2D eigenvalue weighted by Crippen LogP contribution is 2.29. The summed E-state index contributed by atoms with van der Waals surface area (Å²) in [6.45, 7) is 2.48. The fourth-order valence-electron chi connectivity index (χ4n) is 5.83. The fourth-order valence-corrected chi connectivity index (χ4v) is 6.71. The SMILES string of the molecule is CC(C)(O)[C@H](F)CNC(=O)c1cnc(Nc2ccc3ncsc3c2)cc1NC1CCCC1.COC(=O)c1cnc(Cl)cc1NC1CCCC1. The molecule has 2 saturated carbocycles. The van der Waals surface area contributed by atoms with E-state index in [4.69, 9.17) is 16.3 Å². The molecule has 5 N–H and O–H groups in total. The Hall–Kier alpha value is -4.07. The third-order valence-corrected chi connectivity index (χ3v) is 9.66. The van der Waals surface area contributed by atoms with E-state index in [9.17, 15) is 19.1 Å². The summed E-state index contributed by atoms with van der Waals surface area (Å²) in [7, 11) is 1.36. The smallest absolute Gasteiger partial charge is 0.341 e. The van der Waals surface area contributed by atoms with Gasteiger partial charge in [-0.2, -0.15) is 0 Å². The summed E-state index contributed by atoms with van der Waals surface area (Å²) in [5.74, 6) is -0.219. The zero-order valence-corrected chi connectivity index (χ0v) is 29.5. The minimum atomic E-state index is -1.58. The van der Waals surface area contributed by atoms with Crippen LogP contribution in [0.2, 0.25) is 5.15 Å². The second kappa shape index (κ2) is 16.6. The quantitative estimate of drug-likeness (QED) is 0.0782. The van der Waals surface area contributed by atoms with E-state index in [1.54, 1.807) is 17.4 Å². The molecule has 0 radical (unpaired) electrons. The number of aromatic nitrogens is 3. The maximum Gasteiger partial charge on any atom is 0.341 e. The van der Waals surface area contributed by atoms with Crippen molar-refractivity contribution < 1.29 is 23.8 Å². The molecule has 6 rings (SSSR count). The summed E-state index contributed by atoms with van der Waals surface area (Å²) >= 11 is 7.41. The van der Waals surface area contributed by atoms with Crippen LogP contribution in [0.25, 0.3) is 10.2 Å². The maximum absolute atomic E-state index is 14.1. The van der Waals surface area contributed by atoms with Gasteiger partial charge in [0.1, 0.15) is 22.7 Å². The number of aliphatic hydroxyl groups is 1. The first-order chi connectivity index (χ1) is 23.5. The Morgan fingerprint density at radius 3 is 2.24 bits per heavy atom. The standard InChI is InChI=1S/C23H28FN5O2S.C12H15ClN2O2/c1-23(2,31)20(24)12-26-22(30)16-11-25-21(10-18(16)28-14-5-3-4-6-14)29-15-7-8-17-19(9-15)32-13-27-17;1-17-12(16)9-7-14-11(13)6-10(9)15-8-4-2-3-5-8/h7-11,13-14,20,31H,3-6,12H2,1-2H3,(H,26,30)(H2,25,28,29);6-8H,2-5H2,1H3,(H,14,15)/t20-;/m1./s1. The Kier molecular flexibility index (Phi) is 12.2. The van der Waals surface area contributed by atoms with Crippen molar-refractivity contribution in [2.75, 3.05) is 29.6 Å². The molecule has 1 atom stereocenters. The van der Waals surface area contributed by atoms with Gasteiger partial charge in [0.05, 0.1) is 51.9 Å². The van der Waals surface area contributed by atoms with Crippen LogP contribution in [0.15, 0.2) is 48.2 Å². The van der Waals surface area contributed by atoms with Gasteiger partial charge in [-0.05, 0) is 63.8 Å². The Balaban J connectivity index is 0.000000232. The van der Waals surface area contributed by atoms with Crippen molar-refractivity contribution in [1.82, 2.24) is 20.3 Å². The number of methoxy groups -OCH3 is 1. The first-order valence-corrected chi connectivity index (χ1v) is 17.8. The monoisotopic (exact) mass is 711 g/mol. The van der Waals surface area contributed by atoms with Crippen LogP contribution in [0.5, 0.6) is 0 Å². The number of fused-ring (bicyclic) bond motifs is 1. The average Bonchev–Trinajstić information content (AvgIpc) is 3.87. The first-order valence-electron chi connectivity index (χ1n) is 16.5. The molecule has 3 heterocycles. The number of esters is 1. The van der Waals surface area contributed by atoms with Gasteiger partial charge in [-0.15, -0.1) is 11.3 Å². The number of anilines is 4. The van der Waals surface area contributed by atoms with Crippen LogP contribution in [0.3, 0.4) is 0 Å². The molecule has 1 aromatic carbocycles. The van der Waals surface area contributed by atoms with E-state index >= 15 is 0 Å². The highest BCUT2D eigenvalue weighted by molar-refractivity contribution is 7.16. The second-order valence-corrected chi connectivity index (χ2v) is 14.2. The summed E-state index contributed by atoms with van der Waals surface area (Å²) in [4.78, 5) is 37.0. The number of hydrogen-bond acceptors (Lipinski definition) is 11. The van der Waals surface area contributed by atoms with Crippen LogP contribution in [0.1, 0.15) is 85.9 Å². The molecule has 0 unspecified atom stereocenters. The number of carbonyl (C=O) groups is 2. The van der Waals surface area contributed by atoms with Gasteiger partial charge in [0, 0.05) is 36.2 Å². The minimum absolute atomic E-state index is 0.278. The molecule has 14 heteroatoms. The molecule has 1 amide bonds. The van der Waals surface area contributed by atoms with E-state index in [1.165, 1.54) is 46.2 Å². The number of halogens is 2. The maximum atomic E-state index is 14.1. The predicted molar refractivity (Wildman–Crippen MR) is 193 cm³/mol. The van der Waals surface area contributed by atoms with Crippen LogP contribution in [-0.2, 0) is 4.74 Å². The fraction of sp³-hybridized carbons (Fsp3) is 0.457. The van der Waals surface area contributed by atoms with Crippen molar-refractivity contribution in [1.29, 1.82) is 0 Å². The Labute approximate surface area is 294 Å². The molecule has 3 aromatic heterocycles. The van der Waals surface area contributed by atoms with Crippen molar-refractivity contribution in [2.24, 2.45) is 0 Å². The zero-order valence-electron chi connectivity index (χ0n) is 27.9. The molecule has 2 aliphatic carbocycles. The highest BCUT2D eigenvalue weighted by atomic mass is 35.5. The van der Waals surface area contributed by atoms with Crippen molar-refractivity contribution in [3.8, 4) is 0 Å². The normalized spacial score (nSPS) is 15.7. The molecule has 2 fully saturated rings. The Morgan fingerprint density at radius 2 is 1.61 bits per heavy atom. The first kappa shape index (κ1) is 36.2. The Morgan fingerprint density at radius 1 is 0.980 bits per heavy atom. The van der Waals surface area contributed by atoms with Gasteiger partial charge in [-0.1, -0.05) is 37.3 Å². The van der Waals surface area contributed by atoms with Crippen molar-refractivity contribution in [3.63, 3.8) is 0 Å². The lowest BCUT2D eigenvalue weighted by Gasteiger charge is -2.23.